The zero-order valence-corrected chi connectivity index (χ0v) is 18.5. The molecule has 0 saturated heterocycles. The normalized spacial score (nSPS) is 10.9. The Morgan fingerprint density at radius 3 is 1.80 bits per heavy atom. The van der Waals surface area contributed by atoms with Gasteiger partial charge in [-0.05, 0) is 49.9 Å². The van der Waals surface area contributed by atoms with Gasteiger partial charge in [0.15, 0.2) is 5.78 Å². The van der Waals surface area contributed by atoms with Gasteiger partial charge in [-0.2, -0.15) is 0 Å². The van der Waals surface area contributed by atoms with Crippen LogP contribution in [0.4, 0.5) is 0 Å². The molecule has 0 aliphatic heterocycles. The molecule has 4 heteroatoms. The Morgan fingerprint density at radius 1 is 0.667 bits per heavy atom. The highest BCUT2D eigenvalue weighted by Crippen LogP contribution is 2.23. The molecule has 0 atom stereocenters. The summed E-state index contributed by atoms with van der Waals surface area (Å²) in [6, 6.07) is 15.9. The number of unbranched alkanes of at least 4 members (excludes halogenated alkanes) is 5. The van der Waals surface area contributed by atoms with E-state index >= 15 is 0 Å². The van der Waals surface area contributed by atoms with Crippen LogP contribution in [0.3, 0.4) is 0 Å². The maximum Gasteiger partial charge on any atom is 0.159 e. The van der Waals surface area contributed by atoms with Gasteiger partial charge in [0.2, 0.25) is 0 Å². The Hall–Kier alpha value is -2.17. The molecular weight excluding hydrogens is 376 g/mol. The van der Waals surface area contributed by atoms with Gasteiger partial charge in [-0.1, -0.05) is 62.1 Å². The predicted molar refractivity (Wildman–Crippen MR) is 122 cm³/mol. The molecule has 0 amide bonds. The highest BCUT2D eigenvalue weighted by Gasteiger charge is 2.02. The number of carbonyl (C=O) groups excluding carboxylic acids is 1. The zero-order valence-electron chi connectivity index (χ0n) is 18.5. The van der Waals surface area contributed by atoms with Gasteiger partial charge < -0.3 is 14.2 Å². The van der Waals surface area contributed by atoms with E-state index in [1.165, 1.54) is 25.7 Å². The Kier molecular flexibility index (Phi) is 11.9. The molecule has 0 bridgehead atoms. The van der Waals surface area contributed by atoms with E-state index in [9.17, 15) is 4.79 Å². The number of hydrogen-bond donors (Lipinski definition) is 0. The van der Waals surface area contributed by atoms with Crippen LogP contribution in [0, 0.1) is 0 Å². The molecule has 164 valence electrons. The van der Waals surface area contributed by atoms with E-state index < -0.39 is 0 Å². The second kappa shape index (κ2) is 14.8. The van der Waals surface area contributed by atoms with Crippen molar-refractivity contribution >= 4 is 5.78 Å². The fraction of sp³-hybridized carbons (Fsp3) is 0.500. The summed E-state index contributed by atoms with van der Waals surface area (Å²) in [6.45, 7) is 7.35. The topological polar surface area (TPSA) is 44.8 Å². The fourth-order valence-electron chi connectivity index (χ4n) is 3.21. The van der Waals surface area contributed by atoms with Crippen LogP contribution in [0.15, 0.2) is 48.5 Å². The third-order valence-corrected chi connectivity index (χ3v) is 5.01. The Labute approximate surface area is 181 Å². The highest BCUT2D eigenvalue weighted by molar-refractivity contribution is 5.94. The van der Waals surface area contributed by atoms with Gasteiger partial charge in [0.05, 0.1) is 19.8 Å². The smallest absolute Gasteiger partial charge is 0.159 e. The van der Waals surface area contributed by atoms with Crippen molar-refractivity contribution in [1.29, 1.82) is 0 Å². The van der Waals surface area contributed by atoms with E-state index in [4.69, 9.17) is 14.2 Å². The standard InChI is InChI=1S/C26H36O4/c1-3-28-20-21-29-18-8-6-4-5-7-9-19-30-26-16-14-25(15-17-26)24-12-10-23(11-13-24)22(2)27/h10-17H,3-9,18-21H2,1-2H3. The first kappa shape index (κ1) is 24.1. The monoisotopic (exact) mass is 412 g/mol. The maximum atomic E-state index is 11.4. The summed E-state index contributed by atoms with van der Waals surface area (Å²) in [7, 11) is 0. The van der Waals surface area contributed by atoms with Crippen molar-refractivity contribution in [3.05, 3.63) is 54.1 Å². The van der Waals surface area contributed by atoms with Crippen molar-refractivity contribution in [2.45, 2.75) is 52.4 Å². The molecule has 2 rings (SSSR count). The first-order valence-corrected chi connectivity index (χ1v) is 11.2. The number of ketones is 1. The molecule has 0 aromatic heterocycles. The quantitative estimate of drug-likeness (QED) is 0.239. The molecule has 0 fully saturated rings. The molecule has 0 aliphatic carbocycles. The minimum absolute atomic E-state index is 0.0904. The van der Waals surface area contributed by atoms with Crippen molar-refractivity contribution in [2.24, 2.45) is 0 Å². The Morgan fingerprint density at radius 2 is 1.20 bits per heavy atom. The number of benzene rings is 2. The van der Waals surface area contributed by atoms with Crippen molar-refractivity contribution in [3.63, 3.8) is 0 Å². The van der Waals surface area contributed by atoms with Gasteiger partial charge in [0.1, 0.15) is 5.75 Å². The van der Waals surface area contributed by atoms with Crippen molar-refractivity contribution in [3.8, 4) is 16.9 Å². The third kappa shape index (κ3) is 9.55. The van der Waals surface area contributed by atoms with Crippen LogP contribution >= 0.6 is 0 Å². The van der Waals surface area contributed by atoms with E-state index in [-0.39, 0.29) is 5.78 Å². The van der Waals surface area contributed by atoms with Gasteiger partial charge in [-0.3, -0.25) is 4.79 Å². The van der Waals surface area contributed by atoms with Crippen LogP contribution in [0.1, 0.15) is 62.7 Å². The first-order chi connectivity index (χ1) is 14.7. The van der Waals surface area contributed by atoms with Gasteiger partial charge in [0, 0.05) is 18.8 Å². The van der Waals surface area contributed by atoms with Crippen LogP contribution in [0.25, 0.3) is 11.1 Å². The summed E-state index contributed by atoms with van der Waals surface area (Å²) in [5, 5.41) is 0. The molecule has 4 nitrogen and oxygen atoms in total. The lowest BCUT2D eigenvalue weighted by Crippen LogP contribution is -2.04. The highest BCUT2D eigenvalue weighted by atomic mass is 16.5. The molecule has 0 spiro atoms. The molecule has 0 saturated carbocycles. The lowest BCUT2D eigenvalue weighted by atomic mass is 10.0. The molecular formula is C26H36O4. The molecule has 0 radical (unpaired) electrons. The van der Waals surface area contributed by atoms with Crippen molar-refractivity contribution < 1.29 is 19.0 Å². The van der Waals surface area contributed by atoms with E-state index in [1.807, 2.05) is 43.3 Å². The molecule has 30 heavy (non-hydrogen) atoms. The van der Waals surface area contributed by atoms with E-state index in [0.717, 1.165) is 55.1 Å². The minimum Gasteiger partial charge on any atom is -0.494 e. The van der Waals surface area contributed by atoms with Crippen LogP contribution in [-0.4, -0.2) is 38.8 Å². The van der Waals surface area contributed by atoms with Gasteiger partial charge in [0.25, 0.3) is 0 Å². The van der Waals surface area contributed by atoms with E-state index in [1.54, 1.807) is 6.92 Å². The van der Waals surface area contributed by atoms with Gasteiger partial charge in [-0.15, -0.1) is 0 Å². The average Bonchev–Trinajstić information content (AvgIpc) is 2.77. The zero-order chi connectivity index (χ0) is 21.4. The average molecular weight is 413 g/mol. The molecule has 0 heterocycles. The number of ether oxygens (including phenoxy) is 3. The number of hydrogen-bond acceptors (Lipinski definition) is 4. The molecule has 2 aromatic carbocycles. The van der Waals surface area contributed by atoms with E-state index in [0.29, 0.717) is 13.2 Å². The Bertz CT molecular complexity index is 707. The second-order valence-electron chi connectivity index (χ2n) is 7.44. The second-order valence-corrected chi connectivity index (χ2v) is 7.44. The molecule has 0 N–H and O–H groups in total. The predicted octanol–water partition coefficient (Wildman–Crippen LogP) is 6.33. The largest absolute Gasteiger partial charge is 0.494 e. The maximum absolute atomic E-state index is 11.4. The summed E-state index contributed by atoms with van der Waals surface area (Å²) in [5.74, 6) is 0.996. The number of carbonyl (C=O) groups is 1. The number of rotatable bonds is 16. The Balaban J connectivity index is 1.52. The molecule has 0 unspecified atom stereocenters. The van der Waals surface area contributed by atoms with E-state index in [2.05, 4.69) is 12.1 Å². The fourth-order valence-corrected chi connectivity index (χ4v) is 3.21. The minimum atomic E-state index is 0.0904. The summed E-state index contributed by atoms with van der Waals surface area (Å²) in [4.78, 5) is 11.4. The van der Waals surface area contributed by atoms with Crippen LogP contribution in [-0.2, 0) is 9.47 Å². The SMILES string of the molecule is CCOCCOCCCCCCCCOc1ccc(-c2ccc(C(C)=O)cc2)cc1. The van der Waals surface area contributed by atoms with Crippen LogP contribution in [0.5, 0.6) is 5.75 Å². The van der Waals surface area contributed by atoms with Gasteiger partial charge in [-0.25, -0.2) is 0 Å². The van der Waals surface area contributed by atoms with Crippen molar-refractivity contribution in [1.82, 2.24) is 0 Å². The lowest BCUT2D eigenvalue weighted by Gasteiger charge is -2.08. The summed E-state index contributed by atoms with van der Waals surface area (Å²) >= 11 is 0. The van der Waals surface area contributed by atoms with Crippen LogP contribution in [0.2, 0.25) is 0 Å². The summed E-state index contributed by atoms with van der Waals surface area (Å²) in [5.41, 5.74) is 2.97. The third-order valence-electron chi connectivity index (χ3n) is 5.01. The van der Waals surface area contributed by atoms with Gasteiger partial charge >= 0.3 is 0 Å². The summed E-state index contributed by atoms with van der Waals surface area (Å²) in [6.07, 6.45) is 7.14. The molecule has 0 aliphatic rings. The lowest BCUT2D eigenvalue weighted by molar-refractivity contribution is 0.0512. The summed E-state index contributed by atoms with van der Waals surface area (Å²) < 4.78 is 16.6. The molecule has 2 aromatic rings. The van der Waals surface area contributed by atoms with Crippen LogP contribution < -0.4 is 4.74 Å². The first-order valence-electron chi connectivity index (χ1n) is 11.2. The number of Topliss-reactive ketones (excluding diaryl/α,β-unsaturated/α-hetero) is 1. The van der Waals surface area contributed by atoms with Crippen molar-refractivity contribution in [2.75, 3.05) is 33.0 Å².